The maximum absolute atomic E-state index is 11.8. The molecule has 0 atom stereocenters. The van der Waals surface area contributed by atoms with E-state index in [1.807, 2.05) is 25.1 Å². The van der Waals surface area contributed by atoms with Gasteiger partial charge in [-0.25, -0.2) is 9.36 Å². The van der Waals surface area contributed by atoms with Crippen LogP contribution < -0.4 is 5.76 Å². The van der Waals surface area contributed by atoms with Gasteiger partial charge in [-0.15, -0.1) is 0 Å². The van der Waals surface area contributed by atoms with Crippen molar-refractivity contribution in [1.29, 1.82) is 0 Å². The number of fused-ring (bicyclic) bond motifs is 1. The third-order valence-corrected chi connectivity index (χ3v) is 4.74. The van der Waals surface area contributed by atoms with Crippen LogP contribution in [0.5, 0.6) is 0 Å². The molecule has 2 aromatic rings. The van der Waals surface area contributed by atoms with Gasteiger partial charge in [-0.2, -0.15) is 0 Å². The van der Waals surface area contributed by atoms with Crippen molar-refractivity contribution in [1.82, 2.24) is 4.57 Å². The highest BCUT2D eigenvalue weighted by molar-refractivity contribution is 6.76. The van der Waals surface area contributed by atoms with Gasteiger partial charge in [-0.05, 0) is 30.7 Å². The third kappa shape index (κ3) is 3.58. The lowest BCUT2D eigenvalue weighted by atomic mass is 10.2. The number of rotatable bonds is 5. The Hall–Kier alpha value is -1.33. The molecule has 2 rings (SSSR count). The second kappa shape index (κ2) is 5.34. The number of ether oxygens (including phenoxy) is 1. The van der Waals surface area contributed by atoms with Gasteiger partial charge in [-0.3, -0.25) is 0 Å². The largest absolute Gasteiger partial charge is 0.421 e. The van der Waals surface area contributed by atoms with Gasteiger partial charge in [-0.1, -0.05) is 25.7 Å². The summed E-state index contributed by atoms with van der Waals surface area (Å²) >= 11 is 0. The average Bonchev–Trinajstić information content (AvgIpc) is 2.58. The van der Waals surface area contributed by atoms with E-state index < -0.39 is 8.07 Å². The standard InChI is InChI=1S/C14H21NO3Si/c1-11-5-6-12-13(9-11)18-14(16)15(12)10-17-7-8-19(2,3)4/h5-6,9H,7-8,10H2,1-4H3. The molecule has 0 saturated heterocycles. The monoisotopic (exact) mass is 279 g/mol. The first-order chi connectivity index (χ1) is 8.87. The van der Waals surface area contributed by atoms with Gasteiger partial charge in [0.2, 0.25) is 0 Å². The maximum Gasteiger partial charge on any atom is 0.421 e. The molecule has 0 aliphatic carbocycles. The fourth-order valence-electron chi connectivity index (χ4n) is 1.83. The molecule has 1 aromatic carbocycles. The van der Waals surface area contributed by atoms with Crippen LogP contribution in [0, 0.1) is 6.92 Å². The highest BCUT2D eigenvalue weighted by Crippen LogP contribution is 2.15. The molecule has 0 saturated carbocycles. The van der Waals surface area contributed by atoms with Gasteiger partial charge < -0.3 is 9.15 Å². The van der Waals surface area contributed by atoms with E-state index in [-0.39, 0.29) is 12.5 Å². The van der Waals surface area contributed by atoms with Crippen LogP contribution in [-0.2, 0) is 11.5 Å². The zero-order valence-corrected chi connectivity index (χ0v) is 13.0. The highest BCUT2D eigenvalue weighted by atomic mass is 28.3. The van der Waals surface area contributed by atoms with E-state index in [0.717, 1.165) is 17.1 Å². The van der Waals surface area contributed by atoms with Gasteiger partial charge in [0.25, 0.3) is 0 Å². The second-order valence-electron chi connectivity index (χ2n) is 6.12. The summed E-state index contributed by atoms with van der Waals surface area (Å²) in [7, 11) is -1.09. The smallest absolute Gasteiger partial charge is 0.408 e. The summed E-state index contributed by atoms with van der Waals surface area (Å²) in [5, 5.41) is 0. The molecule has 0 amide bonds. The van der Waals surface area contributed by atoms with Crippen molar-refractivity contribution in [3.05, 3.63) is 34.3 Å². The predicted molar refractivity (Wildman–Crippen MR) is 79.3 cm³/mol. The predicted octanol–water partition coefficient (Wildman–Crippen LogP) is 3.22. The molecule has 0 unspecified atom stereocenters. The van der Waals surface area contributed by atoms with E-state index in [2.05, 4.69) is 19.6 Å². The van der Waals surface area contributed by atoms with Gasteiger partial charge in [0.1, 0.15) is 6.73 Å². The zero-order valence-electron chi connectivity index (χ0n) is 12.0. The molecule has 0 radical (unpaired) electrons. The Bertz CT molecular complexity index is 622. The molecular weight excluding hydrogens is 258 g/mol. The second-order valence-corrected chi connectivity index (χ2v) is 11.7. The summed E-state index contributed by atoms with van der Waals surface area (Å²) in [6.45, 7) is 9.84. The minimum absolute atomic E-state index is 0.263. The Labute approximate surface area is 114 Å². The Morgan fingerprint density at radius 2 is 2.05 bits per heavy atom. The lowest BCUT2D eigenvalue weighted by molar-refractivity contribution is 0.0850. The lowest BCUT2D eigenvalue weighted by Gasteiger charge is -2.15. The SMILES string of the molecule is Cc1ccc2c(c1)oc(=O)n2COCC[Si](C)(C)C. The minimum atomic E-state index is -1.09. The summed E-state index contributed by atoms with van der Waals surface area (Å²) < 4.78 is 12.4. The fourth-order valence-corrected chi connectivity index (χ4v) is 2.59. The summed E-state index contributed by atoms with van der Waals surface area (Å²) in [5.41, 5.74) is 2.50. The molecule has 0 fully saturated rings. The number of aromatic nitrogens is 1. The van der Waals surface area contributed by atoms with Crippen LogP contribution in [0.2, 0.25) is 25.7 Å². The maximum atomic E-state index is 11.8. The van der Waals surface area contributed by atoms with Gasteiger partial charge in [0.05, 0.1) is 5.52 Å². The molecule has 1 heterocycles. The van der Waals surface area contributed by atoms with Crippen LogP contribution in [0.25, 0.3) is 11.1 Å². The number of nitrogens with zero attached hydrogens (tertiary/aromatic N) is 1. The Morgan fingerprint density at radius 3 is 2.74 bits per heavy atom. The van der Waals surface area contributed by atoms with Crippen molar-refractivity contribution >= 4 is 19.2 Å². The third-order valence-electron chi connectivity index (χ3n) is 3.04. The molecular formula is C14H21NO3Si. The van der Waals surface area contributed by atoms with E-state index in [9.17, 15) is 4.79 Å². The number of hydrogen-bond donors (Lipinski definition) is 0. The Kier molecular flexibility index (Phi) is 3.96. The molecule has 4 nitrogen and oxygen atoms in total. The van der Waals surface area contributed by atoms with Gasteiger partial charge in [0, 0.05) is 14.7 Å². The van der Waals surface area contributed by atoms with Crippen LogP contribution >= 0.6 is 0 Å². The number of hydrogen-bond acceptors (Lipinski definition) is 3. The van der Waals surface area contributed by atoms with Crippen molar-refractivity contribution in [2.24, 2.45) is 0 Å². The Morgan fingerprint density at radius 1 is 1.32 bits per heavy atom. The average molecular weight is 279 g/mol. The number of aryl methyl sites for hydroxylation is 1. The first-order valence-electron chi connectivity index (χ1n) is 6.54. The summed E-state index contributed by atoms with van der Waals surface area (Å²) in [5.74, 6) is -0.353. The molecule has 0 aliphatic heterocycles. The first kappa shape index (κ1) is 14.1. The van der Waals surface area contributed by atoms with Crippen LogP contribution in [-0.4, -0.2) is 19.2 Å². The molecule has 19 heavy (non-hydrogen) atoms. The van der Waals surface area contributed by atoms with Gasteiger partial charge >= 0.3 is 5.76 Å². The lowest BCUT2D eigenvalue weighted by Crippen LogP contribution is -2.23. The number of benzene rings is 1. The van der Waals surface area contributed by atoms with Crippen LogP contribution in [0.3, 0.4) is 0 Å². The van der Waals surface area contributed by atoms with E-state index >= 15 is 0 Å². The Balaban J connectivity index is 2.09. The quantitative estimate of drug-likeness (QED) is 0.623. The van der Waals surface area contributed by atoms with E-state index in [0.29, 0.717) is 12.2 Å². The zero-order chi connectivity index (χ0) is 14.0. The van der Waals surface area contributed by atoms with Crippen molar-refractivity contribution < 1.29 is 9.15 Å². The molecule has 0 aliphatic rings. The molecule has 104 valence electrons. The molecule has 1 aromatic heterocycles. The topological polar surface area (TPSA) is 44.4 Å². The molecule has 5 heteroatoms. The minimum Gasteiger partial charge on any atom is -0.408 e. The van der Waals surface area contributed by atoms with E-state index in [1.165, 1.54) is 0 Å². The fraction of sp³-hybridized carbons (Fsp3) is 0.500. The number of oxazole rings is 1. The van der Waals surface area contributed by atoms with Crippen molar-refractivity contribution in [2.75, 3.05) is 6.61 Å². The van der Waals surface area contributed by atoms with Crippen LogP contribution in [0.1, 0.15) is 5.56 Å². The van der Waals surface area contributed by atoms with Crippen molar-refractivity contribution in [3.63, 3.8) is 0 Å². The summed E-state index contributed by atoms with van der Waals surface area (Å²) in [6.07, 6.45) is 0. The summed E-state index contributed by atoms with van der Waals surface area (Å²) in [6, 6.07) is 6.83. The van der Waals surface area contributed by atoms with E-state index in [4.69, 9.17) is 9.15 Å². The van der Waals surface area contributed by atoms with Gasteiger partial charge in [0.15, 0.2) is 5.58 Å². The van der Waals surface area contributed by atoms with Crippen molar-refractivity contribution in [3.8, 4) is 0 Å². The summed E-state index contributed by atoms with van der Waals surface area (Å²) in [4.78, 5) is 11.8. The molecule has 0 N–H and O–H groups in total. The first-order valence-corrected chi connectivity index (χ1v) is 10.3. The van der Waals surface area contributed by atoms with E-state index in [1.54, 1.807) is 4.57 Å². The van der Waals surface area contributed by atoms with Crippen LogP contribution in [0.15, 0.2) is 27.4 Å². The molecule has 0 bridgehead atoms. The normalized spacial score (nSPS) is 12.2. The van der Waals surface area contributed by atoms with Crippen LogP contribution in [0.4, 0.5) is 0 Å². The highest BCUT2D eigenvalue weighted by Gasteiger charge is 2.13. The van der Waals surface area contributed by atoms with Crippen molar-refractivity contribution in [2.45, 2.75) is 39.3 Å². The molecule has 0 spiro atoms.